The molecule has 0 aliphatic heterocycles. The number of fused-ring (bicyclic) bond motifs is 5. The molecule has 0 saturated carbocycles. The minimum Gasteiger partial charge on any atom is -0.294 e. The van der Waals surface area contributed by atoms with E-state index in [0.29, 0.717) is 6.42 Å². The van der Waals surface area contributed by atoms with E-state index in [1.807, 2.05) is 6.08 Å². The van der Waals surface area contributed by atoms with Crippen molar-refractivity contribution in [1.82, 2.24) is 0 Å². The fourth-order valence-electron chi connectivity index (χ4n) is 5.25. The van der Waals surface area contributed by atoms with E-state index in [0.717, 1.165) is 17.4 Å². The Balaban J connectivity index is 1.72. The molecule has 0 saturated heterocycles. The first-order chi connectivity index (χ1) is 14.8. The fourth-order valence-corrected chi connectivity index (χ4v) is 5.25. The van der Waals surface area contributed by atoms with E-state index in [2.05, 4.69) is 63.2 Å². The molecule has 5 rings (SSSR count). The summed E-state index contributed by atoms with van der Waals surface area (Å²) < 4.78 is 27.1. The van der Waals surface area contributed by atoms with Gasteiger partial charge in [0.2, 0.25) is 0 Å². The standard InChI is InChI=1S/C28H24F2O/c1-16-12-22-21(20-7-5-4-6-19(16)20)9-10-24-23(22)13-18(15-28(24,2)3)27(31)17-8-11-25(29)26(30)14-17/h4-14,16,18H,15H2,1-3H3. The molecule has 2 aliphatic rings. The Morgan fingerprint density at radius 1 is 0.903 bits per heavy atom. The van der Waals surface area contributed by atoms with Crippen LogP contribution in [0.1, 0.15) is 54.6 Å². The molecule has 3 heteroatoms. The van der Waals surface area contributed by atoms with Crippen LogP contribution >= 0.6 is 0 Å². The van der Waals surface area contributed by atoms with Crippen molar-refractivity contribution in [3.8, 4) is 11.1 Å². The summed E-state index contributed by atoms with van der Waals surface area (Å²) in [6.45, 7) is 6.49. The average Bonchev–Trinajstić information content (AvgIpc) is 2.75. The zero-order valence-electron chi connectivity index (χ0n) is 17.9. The molecular formula is C28H24F2O. The highest BCUT2D eigenvalue weighted by atomic mass is 19.2. The lowest BCUT2D eigenvalue weighted by molar-refractivity contribution is 0.0933. The van der Waals surface area contributed by atoms with Crippen LogP contribution < -0.4 is 10.4 Å². The van der Waals surface area contributed by atoms with Crippen LogP contribution in [0.15, 0.2) is 54.6 Å². The van der Waals surface area contributed by atoms with Crippen molar-refractivity contribution in [1.29, 1.82) is 0 Å². The predicted octanol–water partition coefficient (Wildman–Crippen LogP) is 5.49. The van der Waals surface area contributed by atoms with Gasteiger partial charge in [-0.05, 0) is 62.7 Å². The van der Waals surface area contributed by atoms with E-state index in [-0.39, 0.29) is 28.6 Å². The van der Waals surface area contributed by atoms with Crippen LogP contribution in [0.4, 0.5) is 8.78 Å². The monoisotopic (exact) mass is 414 g/mol. The number of ketones is 1. The zero-order chi connectivity index (χ0) is 21.9. The lowest BCUT2D eigenvalue weighted by atomic mass is 9.69. The third-order valence-corrected chi connectivity index (χ3v) is 6.81. The minimum absolute atomic E-state index is 0.167. The number of carbonyl (C=O) groups excluding carboxylic acids is 1. The van der Waals surface area contributed by atoms with Crippen LogP contribution in [0, 0.1) is 17.6 Å². The van der Waals surface area contributed by atoms with Crippen molar-refractivity contribution in [3.05, 3.63) is 93.4 Å². The highest BCUT2D eigenvalue weighted by Gasteiger charge is 2.34. The maximum Gasteiger partial charge on any atom is 0.169 e. The van der Waals surface area contributed by atoms with Crippen LogP contribution in [0.2, 0.25) is 0 Å². The van der Waals surface area contributed by atoms with Crippen LogP contribution in [0.25, 0.3) is 23.3 Å². The molecule has 0 radical (unpaired) electrons. The Hall–Kier alpha value is -3.07. The van der Waals surface area contributed by atoms with Gasteiger partial charge in [0.1, 0.15) is 0 Å². The first-order valence-electron chi connectivity index (χ1n) is 10.7. The molecule has 0 heterocycles. The molecule has 1 nitrogen and oxygen atoms in total. The maximum absolute atomic E-state index is 13.8. The number of Topliss-reactive ketones (excluding diaryl/α,β-unsaturated/α-hetero) is 1. The smallest absolute Gasteiger partial charge is 0.169 e. The largest absolute Gasteiger partial charge is 0.294 e. The number of rotatable bonds is 2. The third-order valence-electron chi connectivity index (χ3n) is 6.81. The van der Waals surface area contributed by atoms with E-state index in [1.54, 1.807) is 0 Å². The van der Waals surface area contributed by atoms with Crippen LogP contribution in [0.5, 0.6) is 0 Å². The first-order valence-corrected chi connectivity index (χ1v) is 10.7. The van der Waals surface area contributed by atoms with E-state index < -0.39 is 11.6 Å². The molecule has 3 aromatic rings. The third kappa shape index (κ3) is 3.15. The Labute approximate surface area is 180 Å². The van der Waals surface area contributed by atoms with Gasteiger partial charge in [0.25, 0.3) is 0 Å². The summed E-state index contributed by atoms with van der Waals surface area (Å²) in [4.78, 5) is 13.3. The second kappa shape index (κ2) is 6.98. The van der Waals surface area contributed by atoms with E-state index >= 15 is 0 Å². The van der Waals surface area contributed by atoms with Gasteiger partial charge in [-0.3, -0.25) is 4.79 Å². The number of benzene rings is 3. The lowest BCUT2D eigenvalue weighted by Crippen LogP contribution is -2.43. The Morgan fingerprint density at radius 3 is 2.45 bits per heavy atom. The van der Waals surface area contributed by atoms with E-state index in [4.69, 9.17) is 0 Å². The number of hydrogen-bond acceptors (Lipinski definition) is 1. The molecule has 2 unspecified atom stereocenters. The molecule has 0 aromatic heterocycles. The molecule has 156 valence electrons. The van der Waals surface area contributed by atoms with Crippen molar-refractivity contribution in [3.63, 3.8) is 0 Å². The second-order valence-corrected chi connectivity index (χ2v) is 9.38. The van der Waals surface area contributed by atoms with Gasteiger partial charge in [-0.2, -0.15) is 0 Å². The summed E-state index contributed by atoms with van der Waals surface area (Å²) >= 11 is 0. The van der Waals surface area contributed by atoms with E-state index in [1.165, 1.54) is 33.5 Å². The fraction of sp³-hybridized carbons (Fsp3) is 0.250. The van der Waals surface area contributed by atoms with Crippen molar-refractivity contribution < 1.29 is 13.6 Å². The highest BCUT2D eigenvalue weighted by molar-refractivity contribution is 6.01. The second-order valence-electron chi connectivity index (χ2n) is 9.38. The van der Waals surface area contributed by atoms with Gasteiger partial charge >= 0.3 is 0 Å². The van der Waals surface area contributed by atoms with Crippen LogP contribution in [-0.2, 0) is 5.41 Å². The topological polar surface area (TPSA) is 17.1 Å². The molecular weight excluding hydrogens is 390 g/mol. The van der Waals surface area contributed by atoms with Gasteiger partial charge in [-0.25, -0.2) is 8.78 Å². The molecule has 2 atom stereocenters. The summed E-state index contributed by atoms with van der Waals surface area (Å²) in [5.41, 5.74) is 4.94. The van der Waals surface area contributed by atoms with Crippen molar-refractivity contribution in [2.75, 3.05) is 0 Å². The van der Waals surface area contributed by atoms with Crippen LogP contribution in [0.3, 0.4) is 0 Å². The molecule has 0 bridgehead atoms. The molecule has 0 spiro atoms. The SMILES string of the molecule is CC1C=c2c(ccc3c2=CC(C(=O)c2ccc(F)c(F)c2)CC3(C)C)-c2ccccc21. The molecule has 31 heavy (non-hydrogen) atoms. The minimum atomic E-state index is -0.988. The van der Waals surface area contributed by atoms with Crippen LogP contribution in [-0.4, -0.2) is 5.78 Å². The molecule has 0 N–H and O–H groups in total. The zero-order valence-corrected chi connectivity index (χ0v) is 17.9. The van der Waals surface area contributed by atoms with Gasteiger partial charge in [0.05, 0.1) is 0 Å². The number of hydrogen-bond donors (Lipinski definition) is 0. The van der Waals surface area contributed by atoms with Gasteiger partial charge in [0, 0.05) is 17.4 Å². The molecule has 3 aromatic carbocycles. The summed E-state index contributed by atoms with van der Waals surface area (Å²) in [5, 5.41) is 2.26. The Morgan fingerprint density at radius 2 is 1.68 bits per heavy atom. The molecule has 2 aliphatic carbocycles. The quantitative estimate of drug-likeness (QED) is 0.507. The average molecular weight is 414 g/mol. The highest BCUT2D eigenvalue weighted by Crippen LogP contribution is 2.36. The summed E-state index contributed by atoms with van der Waals surface area (Å²) in [7, 11) is 0. The van der Waals surface area contributed by atoms with E-state index in [9.17, 15) is 13.6 Å². The summed E-state index contributed by atoms with van der Waals surface area (Å²) in [6, 6.07) is 16.2. The number of carbonyl (C=O) groups is 1. The normalized spacial score (nSPS) is 20.5. The van der Waals surface area contributed by atoms with Gasteiger partial charge in [-0.1, -0.05) is 69.3 Å². The van der Waals surface area contributed by atoms with Crippen molar-refractivity contribution in [2.24, 2.45) is 5.92 Å². The maximum atomic E-state index is 13.8. The molecule has 0 fully saturated rings. The predicted molar refractivity (Wildman–Crippen MR) is 120 cm³/mol. The summed E-state index contributed by atoms with van der Waals surface area (Å²) in [6.07, 6.45) is 4.95. The molecule has 0 amide bonds. The van der Waals surface area contributed by atoms with Gasteiger partial charge in [0.15, 0.2) is 17.4 Å². The van der Waals surface area contributed by atoms with Gasteiger partial charge in [-0.15, -0.1) is 0 Å². The Kier molecular flexibility index (Phi) is 4.47. The van der Waals surface area contributed by atoms with Crippen molar-refractivity contribution >= 4 is 17.9 Å². The first kappa shape index (κ1) is 19.9. The van der Waals surface area contributed by atoms with Crippen molar-refractivity contribution in [2.45, 2.75) is 38.5 Å². The summed E-state index contributed by atoms with van der Waals surface area (Å²) in [5.74, 6) is -2.21. The lowest BCUT2D eigenvalue weighted by Gasteiger charge is -2.34. The number of halogens is 2. The Bertz CT molecular complexity index is 1350. The van der Waals surface area contributed by atoms with Gasteiger partial charge < -0.3 is 0 Å².